The van der Waals surface area contributed by atoms with Crippen LogP contribution in [-0.2, 0) is 0 Å². The Kier molecular flexibility index (Phi) is 1.18. The molecule has 0 saturated carbocycles. The van der Waals surface area contributed by atoms with E-state index in [2.05, 4.69) is 16.2 Å². The summed E-state index contributed by atoms with van der Waals surface area (Å²) in [5.41, 5.74) is 0. The van der Waals surface area contributed by atoms with Crippen LogP contribution in [0.3, 0.4) is 0 Å². The van der Waals surface area contributed by atoms with Crippen molar-refractivity contribution in [2.24, 2.45) is 0 Å². The van der Waals surface area contributed by atoms with Gasteiger partial charge in [-0.3, -0.25) is 0 Å². The molecule has 5 heteroatoms. The van der Waals surface area contributed by atoms with Gasteiger partial charge in [0.2, 0.25) is 5.82 Å². The molecule has 0 aliphatic carbocycles. The molecule has 0 fully saturated rings. The minimum Gasteiger partial charge on any atom is -0.358 e. The number of aromatic amines is 1. The number of nitro groups is 1. The van der Waals surface area contributed by atoms with Crippen molar-refractivity contribution in [3.8, 4) is 0 Å². The van der Waals surface area contributed by atoms with E-state index in [1.165, 1.54) is 0 Å². The maximum atomic E-state index is 9.91. The standard InChI is InChI=1S/C4H4N3O2/c1-3-5-2-4(6-3)7(8)9/h1H3,(H,5,6). The van der Waals surface area contributed by atoms with Crippen molar-refractivity contribution in [2.75, 3.05) is 0 Å². The van der Waals surface area contributed by atoms with Crippen LogP contribution in [-0.4, -0.2) is 14.9 Å². The summed E-state index contributed by atoms with van der Waals surface area (Å²) in [6.45, 7) is 1.63. The lowest BCUT2D eigenvalue weighted by Gasteiger charge is -1.80. The van der Waals surface area contributed by atoms with Crippen LogP contribution in [0, 0.1) is 23.2 Å². The second kappa shape index (κ2) is 1.85. The Balaban J connectivity index is 2.98. The molecule has 0 aliphatic heterocycles. The average Bonchev–Trinajstić information content (AvgIpc) is 2.14. The van der Waals surface area contributed by atoms with E-state index in [4.69, 9.17) is 0 Å². The van der Waals surface area contributed by atoms with Crippen molar-refractivity contribution in [3.63, 3.8) is 0 Å². The number of nitrogens with zero attached hydrogens (tertiary/aromatic N) is 2. The summed E-state index contributed by atoms with van der Waals surface area (Å²) < 4.78 is 0. The Morgan fingerprint density at radius 2 is 2.56 bits per heavy atom. The van der Waals surface area contributed by atoms with Crippen LogP contribution in [0.1, 0.15) is 5.82 Å². The van der Waals surface area contributed by atoms with Gasteiger partial charge in [0.05, 0.1) is 0 Å². The highest BCUT2D eigenvalue weighted by atomic mass is 16.6. The number of hydrogen-bond acceptors (Lipinski definition) is 3. The molecule has 47 valence electrons. The smallest absolute Gasteiger partial charge is 0.358 e. The molecule has 1 heterocycles. The van der Waals surface area contributed by atoms with Gasteiger partial charge in [-0.2, -0.15) is 0 Å². The second-order valence-corrected chi connectivity index (χ2v) is 1.53. The first-order valence-corrected chi connectivity index (χ1v) is 2.29. The Bertz CT molecular complexity index is 229. The predicted octanol–water partition coefficient (Wildman–Crippen LogP) is 0.427. The molecule has 0 saturated heterocycles. The van der Waals surface area contributed by atoms with Crippen molar-refractivity contribution in [1.29, 1.82) is 0 Å². The summed E-state index contributed by atoms with van der Waals surface area (Å²) >= 11 is 0. The molecule has 1 aromatic rings. The van der Waals surface area contributed by atoms with Crippen LogP contribution in [0.25, 0.3) is 0 Å². The number of aryl methyl sites for hydroxylation is 1. The molecule has 0 amide bonds. The molecule has 1 rings (SSSR count). The van der Waals surface area contributed by atoms with E-state index in [9.17, 15) is 10.1 Å². The second-order valence-electron chi connectivity index (χ2n) is 1.53. The Morgan fingerprint density at radius 1 is 1.89 bits per heavy atom. The normalized spacial score (nSPS) is 9.44. The van der Waals surface area contributed by atoms with E-state index in [0.717, 1.165) is 0 Å². The van der Waals surface area contributed by atoms with Crippen LogP contribution in [0.15, 0.2) is 0 Å². The van der Waals surface area contributed by atoms with E-state index in [-0.39, 0.29) is 5.82 Å². The molecule has 5 nitrogen and oxygen atoms in total. The molecule has 0 bridgehead atoms. The van der Waals surface area contributed by atoms with Crippen LogP contribution in [0.2, 0.25) is 0 Å². The minimum atomic E-state index is -0.594. The molecule has 0 aromatic carbocycles. The molecule has 0 atom stereocenters. The fraction of sp³-hybridized carbons (Fsp3) is 0.250. The number of imidazole rings is 1. The van der Waals surface area contributed by atoms with Crippen molar-refractivity contribution >= 4 is 5.82 Å². The molecular weight excluding hydrogens is 122 g/mol. The van der Waals surface area contributed by atoms with Crippen molar-refractivity contribution in [1.82, 2.24) is 9.97 Å². The Labute approximate surface area is 50.9 Å². The summed E-state index contributed by atoms with van der Waals surface area (Å²) in [6.07, 6.45) is 2.27. The van der Waals surface area contributed by atoms with Gasteiger partial charge in [-0.1, -0.05) is 0 Å². The maximum absolute atomic E-state index is 9.91. The van der Waals surface area contributed by atoms with E-state index in [0.29, 0.717) is 5.82 Å². The summed E-state index contributed by atoms with van der Waals surface area (Å²) in [5, 5.41) is 9.91. The topological polar surface area (TPSA) is 71.8 Å². The van der Waals surface area contributed by atoms with Crippen LogP contribution >= 0.6 is 0 Å². The van der Waals surface area contributed by atoms with Gasteiger partial charge in [0.25, 0.3) is 0 Å². The first kappa shape index (κ1) is 5.74. The largest absolute Gasteiger partial charge is 0.391 e. The third-order valence-corrected chi connectivity index (χ3v) is 0.802. The summed E-state index contributed by atoms with van der Waals surface area (Å²) in [5.74, 6) is 0.245. The van der Waals surface area contributed by atoms with Gasteiger partial charge in [0.1, 0.15) is 0 Å². The highest BCUT2D eigenvalue weighted by molar-refractivity contribution is 5.12. The quantitative estimate of drug-likeness (QED) is 0.438. The van der Waals surface area contributed by atoms with Gasteiger partial charge in [-0.05, 0) is 9.91 Å². The lowest BCUT2D eigenvalue weighted by atomic mass is 10.7. The fourth-order valence-electron chi connectivity index (χ4n) is 0.448. The molecule has 0 spiro atoms. The third kappa shape index (κ3) is 1.04. The Hall–Kier alpha value is -1.39. The molecule has 0 unspecified atom stereocenters. The number of nitrogens with one attached hydrogen (secondary N) is 1. The van der Waals surface area contributed by atoms with Crippen molar-refractivity contribution < 1.29 is 4.92 Å². The van der Waals surface area contributed by atoms with Gasteiger partial charge < -0.3 is 15.1 Å². The number of hydrogen-bond donors (Lipinski definition) is 1. The van der Waals surface area contributed by atoms with Gasteiger partial charge in [0, 0.05) is 6.92 Å². The van der Waals surface area contributed by atoms with Gasteiger partial charge in [-0.15, -0.1) is 0 Å². The monoisotopic (exact) mass is 126 g/mol. The number of H-pyrrole nitrogens is 1. The van der Waals surface area contributed by atoms with Crippen LogP contribution in [0.5, 0.6) is 0 Å². The molecule has 1 radical (unpaired) electrons. The zero-order chi connectivity index (χ0) is 6.85. The Morgan fingerprint density at radius 3 is 2.78 bits per heavy atom. The maximum Gasteiger partial charge on any atom is 0.391 e. The number of aromatic nitrogens is 2. The summed E-state index contributed by atoms with van der Waals surface area (Å²) in [4.78, 5) is 15.3. The predicted molar refractivity (Wildman–Crippen MR) is 28.8 cm³/mol. The third-order valence-electron chi connectivity index (χ3n) is 0.802. The molecule has 1 N–H and O–H groups in total. The zero-order valence-corrected chi connectivity index (χ0v) is 4.71. The van der Waals surface area contributed by atoms with E-state index < -0.39 is 4.92 Å². The molecular formula is C4H4N3O2. The molecule has 0 aliphatic rings. The highest BCUT2D eigenvalue weighted by Gasteiger charge is 2.08. The van der Waals surface area contributed by atoms with Crippen molar-refractivity contribution in [3.05, 3.63) is 22.1 Å². The molecule has 9 heavy (non-hydrogen) atoms. The van der Waals surface area contributed by atoms with Gasteiger partial charge in [0.15, 0.2) is 6.20 Å². The zero-order valence-electron chi connectivity index (χ0n) is 4.71. The fourth-order valence-corrected chi connectivity index (χ4v) is 0.448. The lowest BCUT2D eigenvalue weighted by molar-refractivity contribution is -0.389. The highest BCUT2D eigenvalue weighted by Crippen LogP contribution is 2.02. The first-order chi connectivity index (χ1) is 4.20. The lowest BCUT2D eigenvalue weighted by Crippen LogP contribution is -1.86. The van der Waals surface area contributed by atoms with Gasteiger partial charge >= 0.3 is 5.82 Å². The van der Waals surface area contributed by atoms with Gasteiger partial charge in [-0.25, -0.2) is 0 Å². The average molecular weight is 126 g/mol. The number of rotatable bonds is 1. The summed E-state index contributed by atoms with van der Waals surface area (Å²) in [7, 11) is 0. The molecule has 1 aromatic heterocycles. The SMILES string of the molecule is Cc1nc([N+](=O)[O-])[c][nH]1. The van der Waals surface area contributed by atoms with Crippen molar-refractivity contribution in [2.45, 2.75) is 6.92 Å². The van der Waals surface area contributed by atoms with Crippen LogP contribution < -0.4 is 0 Å². The van der Waals surface area contributed by atoms with E-state index in [1.807, 2.05) is 0 Å². The minimum absolute atomic E-state index is 0.257. The van der Waals surface area contributed by atoms with E-state index >= 15 is 0 Å². The summed E-state index contributed by atoms with van der Waals surface area (Å²) in [6, 6.07) is 0. The van der Waals surface area contributed by atoms with E-state index in [1.54, 1.807) is 6.92 Å². The van der Waals surface area contributed by atoms with Crippen LogP contribution in [0.4, 0.5) is 5.82 Å². The first-order valence-electron chi connectivity index (χ1n) is 2.29.